The predicted octanol–water partition coefficient (Wildman–Crippen LogP) is 4.49. The number of aromatic nitrogens is 2. The van der Waals surface area contributed by atoms with E-state index in [0.717, 1.165) is 23.7 Å². The molecule has 0 radical (unpaired) electrons. The van der Waals surface area contributed by atoms with Gasteiger partial charge in [0.2, 0.25) is 5.91 Å². The second-order valence-electron chi connectivity index (χ2n) is 6.20. The monoisotopic (exact) mass is 331 g/mol. The molecule has 0 aliphatic heterocycles. The number of hydrogen-bond acceptors (Lipinski definition) is 2. The van der Waals surface area contributed by atoms with Crippen molar-refractivity contribution in [1.82, 2.24) is 9.78 Å². The molecule has 122 valence electrons. The summed E-state index contributed by atoms with van der Waals surface area (Å²) < 4.78 is 1.77. The van der Waals surface area contributed by atoms with E-state index in [1.165, 1.54) is 25.7 Å². The van der Waals surface area contributed by atoms with E-state index in [1.54, 1.807) is 10.9 Å². The van der Waals surface area contributed by atoms with Crippen LogP contribution in [0.2, 0.25) is 5.02 Å². The molecule has 2 aromatic rings. The molecule has 1 aromatic carbocycles. The van der Waals surface area contributed by atoms with Gasteiger partial charge in [-0.2, -0.15) is 5.10 Å². The molecule has 0 saturated heterocycles. The molecule has 1 fully saturated rings. The molecule has 23 heavy (non-hydrogen) atoms. The highest BCUT2D eigenvalue weighted by Crippen LogP contribution is 2.28. The second kappa shape index (κ2) is 7.64. The van der Waals surface area contributed by atoms with Gasteiger partial charge in [-0.1, -0.05) is 55.5 Å². The van der Waals surface area contributed by atoms with Gasteiger partial charge in [0.15, 0.2) is 0 Å². The molecule has 1 N–H and O–H groups in total. The molecular formula is C18H22ClN3O. The van der Waals surface area contributed by atoms with E-state index in [4.69, 9.17) is 11.6 Å². The highest BCUT2D eigenvalue weighted by Gasteiger charge is 2.16. The number of anilines is 1. The first-order valence-corrected chi connectivity index (χ1v) is 8.65. The van der Waals surface area contributed by atoms with Crippen LogP contribution < -0.4 is 5.32 Å². The van der Waals surface area contributed by atoms with Gasteiger partial charge in [-0.15, -0.1) is 0 Å². The third-order valence-electron chi connectivity index (χ3n) is 4.52. The lowest BCUT2D eigenvalue weighted by Crippen LogP contribution is -2.16. The van der Waals surface area contributed by atoms with E-state index in [-0.39, 0.29) is 5.91 Å². The van der Waals surface area contributed by atoms with Crippen molar-refractivity contribution in [3.63, 3.8) is 0 Å². The van der Waals surface area contributed by atoms with E-state index in [0.29, 0.717) is 18.0 Å². The van der Waals surface area contributed by atoms with Crippen LogP contribution in [0, 0.1) is 5.92 Å². The first-order chi connectivity index (χ1) is 11.2. The molecule has 1 amide bonds. The zero-order valence-electron chi connectivity index (χ0n) is 13.2. The summed E-state index contributed by atoms with van der Waals surface area (Å²) in [7, 11) is 0. The maximum Gasteiger partial charge on any atom is 0.225 e. The SMILES string of the molecule is O=C(CCC1CCCC1)Nc1ccnn1Cc1ccccc1Cl. The van der Waals surface area contributed by atoms with Crippen LogP contribution in [-0.4, -0.2) is 15.7 Å². The van der Waals surface area contributed by atoms with Gasteiger partial charge in [-0.05, 0) is 24.0 Å². The minimum atomic E-state index is 0.0674. The minimum Gasteiger partial charge on any atom is -0.311 e. The first-order valence-electron chi connectivity index (χ1n) is 8.27. The first kappa shape index (κ1) is 16.1. The number of nitrogens with one attached hydrogen (secondary N) is 1. The van der Waals surface area contributed by atoms with Gasteiger partial charge in [-0.25, -0.2) is 4.68 Å². The topological polar surface area (TPSA) is 46.9 Å². The largest absolute Gasteiger partial charge is 0.311 e. The minimum absolute atomic E-state index is 0.0674. The number of halogens is 1. The van der Waals surface area contributed by atoms with Crippen molar-refractivity contribution < 1.29 is 4.79 Å². The zero-order chi connectivity index (χ0) is 16.1. The number of carbonyl (C=O) groups excluding carboxylic acids is 1. The van der Waals surface area contributed by atoms with Crippen LogP contribution in [0.4, 0.5) is 5.82 Å². The Kier molecular flexibility index (Phi) is 5.34. The second-order valence-corrected chi connectivity index (χ2v) is 6.61. The van der Waals surface area contributed by atoms with E-state index >= 15 is 0 Å². The summed E-state index contributed by atoms with van der Waals surface area (Å²) in [5, 5.41) is 7.97. The summed E-state index contributed by atoms with van der Waals surface area (Å²) in [6, 6.07) is 9.51. The number of rotatable bonds is 6. The molecule has 0 bridgehead atoms. The van der Waals surface area contributed by atoms with Gasteiger partial charge in [0.1, 0.15) is 5.82 Å². The van der Waals surface area contributed by atoms with Crippen LogP contribution >= 0.6 is 11.6 Å². The lowest BCUT2D eigenvalue weighted by molar-refractivity contribution is -0.116. The summed E-state index contributed by atoms with van der Waals surface area (Å²) in [6.07, 6.45) is 8.46. The Bertz CT molecular complexity index is 662. The molecule has 1 saturated carbocycles. The fourth-order valence-corrected chi connectivity index (χ4v) is 3.39. The van der Waals surface area contributed by atoms with Crippen molar-refractivity contribution in [1.29, 1.82) is 0 Å². The standard InChI is InChI=1S/C18H22ClN3O/c19-16-8-4-3-7-15(16)13-22-17(11-12-20-22)21-18(23)10-9-14-5-1-2-6-14/h3-4,7-8,11-12,14H,1-2,5-6,9-10,13H2,(H,21,23). The molecule has 3 rings (SSSR count). The normalized spacial score (nSPS) is 15.0. The molecule has 4 nitrogen and oxygen atoms in total. The van der Waals surface area contributed by atoms with Crippen molar-refractivity contribution in [2.45, 2.75) is 45.1 Å². The molecule has 5 heteroatoms. The van der Waals surface area contributed by atoms with E-state index in [1.807, 2.05) is 30.3 Å². The number of nitrogens with zero attached hydrogens (tertiary/aromatic N) is 2. The summed E-state index contributed by atoms with van der Waals surface area (Å²) in [4.78, 5) is 12.2. The molecule has 1 heterocycles. The van der Waals surface area contributed by atoms with Crippen molar-refractivity contribution in [2.75, 3.05) is 5.32 Å². The van der Waals surface area contributed by atoms with E-state index < -0.39 is 0 Å². The predicted molar refractivity (Wildman–Crippen MR) is 92.6 cm³/mol. The van der Waals surface area contributed by atoms with Gasteiger partial charge < -0.3 is 5.32 Å². The van der Waals surface area contributed by atoms with Crippen molar-refractivity contribution in [3.8, 4) is 0 Å². The van der Waals surface area contributed by atoms with E-state index in [2.05, 4.69) is 10.4 Å². The molecule has 0 atom stereocenters. The Balaban J connectivity index is 1.57. The zero-order valence-corrected chi connectivity index (χ0v) is 13.9. The Morgan fingerprint density at radius 2 is 2.04 bits per heavy atom. The number of carbonyl (C=O) groups is 1. The van der Waals surface area contributed by atoms with Crippen LogP contribution in [-0.2, 0) is 11.3 Å². The Morgan fingerprint density at radius 1 is 1.26 bits per heavy atom. The maximum atomic E-state index is 12.2. The summed E-state index contributed by atoms with van der Waals surface area (Å²) >= 11 is 6.19. The van der Waals surface area contributed by atoms with Crippen LogP contribution in [0.5, 0.6) is 0 Å². The Labute approximate surface area is 141 Å². The lowest BCUT2D eigenvalue weighted by Gasteiger charge is -2.11. The van der Waals surface area contributed by atoms with Crippen molar-refractivity contribution >= 4 is 23.3 Å². The van der Waals surface area contributed by atoms with Crippen LogP contribution in [0.3, 0.4) is 0 Å². The van der Waals surface area contributed by atoms with Gasteiger partial charge in [0, 0.05) is 17.5 Å². The van der Waals surface area contributed by atoms with Crippen LogP contribution in [0.25, 0.3) is 0 Å². The fourth-order valence-electron chi connectivity index (χ4n) is 3.19. The fraction of sp³-hybridized carbons (Fsp3) is 0.444. The number of hydrogen-bond donors (Lipinski definition) is 1. The number of amides is 1. The molecule has 1 aromatic heterocycles. The highest BCUT2D eigenvalue weighted by molar-refractivity contribution is 6.31. The van der Waals surface area contributed by atoms with E-state index in [9.17, 15) is 4.79 Å². The van der Waals surface area contributed by atoms with Gasteiger partial charge in [0.25, 0.3) is 0 Å². The molecule has 0 spiro atoms. The maximum absolute atomic E-state index is 12.2. The summed E-state index contributed by atoms with van der Waals surface area (Å²) in [5.41, 5.74) is 0.985. The van der Waals surface area contributed by atoms with Gasteiger partial charge in [-0.3, -0.25) is 4.79 Å². The van der Waals surface area contributed by atoms with Crippen molar-refractivity contribution in [2.24, 2.45) is 5.92 Å². The van der Waals surface area contributed by atoms with Gasteiger partial charge in [0.05, 0.1) is 12.7 Å². The van der Waals surface area contributed by atoms with Gasteiger partial charge >= 0.3 is 0 Å². The van der Waals surface area contributed by atoms with Crippen LogP contribution in [0.15, 0.2) is 36.5 Å². The average Bonchev–Trinajstić information content (AvgIpc) is 3.20. The molecule has 1 aliphatic carbocycles. The lowest BCUT2D eigenvalue weighted by atomic mass is 10.0. The molecule has 0 unspecified atom stereocenters. The Morgan fingerprint density at radius 3 is 2.83 bits per heavy atom. The summed E-state index contributed by atoms with van der Waals surface area (Å²) in [5.74, 6) is 1.52. The summed E-state index contributed by atoms with van der Waals surface area (Å²) in [6.45, 7) is 0.547. The quantitative estimate of drug-likeness (QED) is 0.847. The van der Waals surface area contributed by atoms with Crippen molar-refractivity contribution in [3.05, 3.63) is 47.1 Å². The third-order valence-corrected chi connectivity index (χ3v) is 4.89. The average molecular weight is 332 g/mol. The Hall–Kier alpha value is -1.81. The molecule has 1 aliphatic rings. The number of benzene rings is 1. The third kappa shape index (κ3) is 4.35. The molecular weight excluding hydrogens is 310 g/mol. The smallest absolute Gasteiger partial charge is 0.225 e. The van der Waals surface area contributed by atoms with Crippen LogP contribution in [0.1, 0.15) is 44.1 Å². The highest BCUT2D eigenvalue weighted by atomic mass is 35.5.